The molecule has 2 aromatic rings. The standard InChI is InChI=1S/C21H29N5.HI/c1-16-8-10-19(11-9-16)26-13-5-7-18(15-26)25-21(22-3)24-14-20-17(2)6-4-12-23-20;/h4,6,8-12,18H,5,7,13-15H2,1-3H3,(H2,22,24,25);1H. The van der Waals surface area contributed by atoms with E-state index in [1.54, 1.807) is 0 Å². The second-order valence-electron chi connectivity index (χ2n) is 6.96. The van der Waals surface area contributed by atoms with E-state index >= 15 is 0 Å². The van der Waals surface area contributed by atoms with Crippen LogP contribution in [0.4, 0.5) is 5.69 Å². The summed E-state index contributed by atoms with van der Waals surface area (Å²) < 4.78 is 0. The van der Waals surface area contributed by atoms with Crippen LogP contribution in [0, 0.1) is 13.8 Å². The summed E-state index contributed by atoms with van der Waals surface area (Å²) in [6.45, 7) is 7.00. The first-order valence-corrected chi connectivity index (χ1v) is 9.35. The predicted octanol–water partition coefficient (Wildman–Crippen LogP) is 3.65. The van der Waals surface area contributed by atoms with Crippen LogP contribution in [0.5, 0.6) is 0 Å². The third-order valence-corrected chi connectivity index (χ3v) is 4.93. The van der Waals surface area contributed by atoms with E-state index in [1.165, 1.54) is 23.2 Å². The van der Waals surface area contributed by atoms with E-state index in [0.29, 0.717) is 12.6 Å². The Kier molecular flexibility index (Phi) is 8.34. The zero-order chi connectivity index (χ0) is 18.4. The number of nitrogens with one attached hydrogen (secondary N) is 2. The minimum absolute atomic E-state index is 0. The van der Waals surface area contributed by atoms with Crippen LogP contribution in [-0.2, 0) is 6.54 Å². The van der Waals surface area contributed by atoms with Crippen molar-refractivity contribution in [3.05, 3.63) is 59.4 Å². The fraction of sp³-hybridized carbons (Fsp3) is 0.429. The summed E-state index contributed by atoms with van der Waals surface area (Å²) in [6, 6.07) is 13.2. The van der Waals surface area contributed by atoms with Gasteiger partial charge in [-0.3, -0.25) is 9.98 Å². The highest BCUT2D eigenvalue weighted by atomic mass is 127. The summed E-state index contributed by atoms with van der Waals surface area (Å²) in [5.74, 6) is 0.839. The van der Waals surface area contributed by atoms with Crippen LogP contribution in [-0.4, -0.2) is 37.1 Å². The molecule has 0 bridgehead atoms. The molecule has 1 aromatic heterocycles. The molecule has 0 saturated carbocycles. The lowest BCUT2D eigenvalue weighted by atomic mass is 10.0. The molecule has 5 nitrogen and oxygen atoms in total. The van der Waals surface area contributed by atoms with Crippen LogP contribution in [0.1, 0.15) is 29.7 Å². The van der Waals surface area contributed by atoms with Crippen LogP contribution in [0.2, 0.25) is 0 Å². The summed E-state index contributed by atoms with van der Waals surface area (Å²) in [7, 11) is 1.82. The van der Waals surface area contributed by atoms with E-state index in [9.17, 15) is 0 Å². The molecule has 0 aliphatic carbocycles. The minimum atomic E-state index is 0. The average Bonchev–Trinajstić information content (AvgIpc) is 2.67. The molecule has 2 N–H and O–H groups in total. The first kappa shape index (κ1) is 21.5. The molecule has 1 aromatic carbocycles. The molecule has 1 aliphatic rings. The molecular weight excluding hydrogens is 449 g/mol. The molecule has 1 aliphatic heterocycles. The van der Waals surface area contributed by atoms with Gasteiger partial charge in [0.05, 0.1) is 12.2 Å². The summed E-state index contributed by atoms with van der Waals surface area (Å²) in [4.78, 5) is 11.3. The molecule has 0 spiro atoms. The van der Waals surface area contributed by atoms with Gasteiger partial charge >= 0.3 is 0 Å². The molecule has 1 saturated heterocycles. The molecule has 0 amide bonds. The Morgan fingerprint density at radius 1 is 1.22 bits per heavy atom. The number of nitrogens with zero attached hydrogens (tertiary/aromatic N) is 3. The lowest BCUT2D eigenvalue weighted by Gasteiger charge is -2.35. The summed E-state index contributed by atoms with van der Waals surface area (Å²) >= 11 is 0. The van der Waals surface area contributed by atoms with Gasteiger partial charge in [0, 0.05) is 38.1 Å². The Labute approximate surface area is 179 Å². The lowest BCUT2D eigenvalue weighted by molar-refractivity contribution is 0.468. The van der Waals surface area contributed by atoms with Crippen molar-refractivity contribution in [2.75, 3.05) is 25.0 Å². The van der Waals surface area contributed by atoms with Crippen molar-refractivity contribution in [3.63, 3.8) is 0 Å². The van der Waals surface area contributed by atoms with Gasteiger partial charge in [0.2, 0.25) is 0 Å². The second kappa shape index (κ2) is 10.5. The highest BCUT2D eigenvalue weighted by Crippen LogP contribution is 2.20. The Hall–Kier alpha value is -1.83. The monoisotopic (exact) mass is 479 g/mol. The van der Waals surface area contributed by atoms with Crippen molar-refractivity contribution < 1.29 is 0 Å². The SMILES string of the molecule is CN=C(NCc1ncccc1C)NC1CCCN(c2ccc(C)cc2)C1.I. The van der Waals surface area contributed by atoms with E-state index in [4.69, 9.17) is 0 Å². The highest BCUT2D eigenvalue weighted by molar-refractivity contribution is 14.0. The number of aromatic nitrogens is 1. The highest BCUT2D eigenvalue weighted by Gasteiger charge is 2.21. The third-order valence-electron chi connectivity index (χ3n) is 4.93. The largest absolute Gasteiger partial charge is 0.369 e. The van der Waals surface area contributed by atoms with Crippen LogP contribution in [0.25, 0.3) is 0 Å². The molecule has 146 valence electrons. The molecule has 27 heavy (non-hydrogen) atoms. The van der Waals surface area contributed by atoms with Crippen molar-refractivity contribution in [1.82, 2.24) is 15.6 Å². The van der Waals surface area contributed by atoms with Gasteiger partial charge in [0.25, 0.3) is 0 Å². The van der Waals surface area contributed by atoms with Crippen molar-refractivity contribution in [3.8, 4) is 0 Å². The number of guanidine groups is 1. The van der Waals surface area contributed by atoms with Gasteiger partial charge in [-0.05, 0) is 50.5 Å². The normalized spacial score (nSPS) is 17.2. The van der Waals surface area contributed by atoms with E-state index in [0.717, 1.165) is 31.2 Å². The maximum absolute atomic E-state index is 4.44. The Morgan fingerprint density at radius 3 is 2.70 bits per heavy atom. The maximum Gasteiger partial charge on any atom is 0.191 e. The zero-order valence-corrected chi connectivity index (χ0v) is 18.7. The number of aliphatic imine (C=N–C) groups is 1. The van der Waals surface area contributed by atoms with Gasteiger partial charge in [0.1, 0.15) is 0 Å². The quantitative estimate of drug-likeness (QED) is 0.400. The summed E-state index contributed by atoms with van der Waals surface area (Å²) in [5, 5.41) is 6.97. The minimum Gasteiger partial charge on any atom is -0.369 e. The predicted molar refractivity (Wildman–Crippen MR) is 124 cm³/mol. The summed E-state index contributed by atoms with van der Waals surface area (Å²) in [6.07, 6.45) is 4.17. The molecule has 3 rings (SSSR count). The van der Waals surface area contributed by atoms with Gasteiger partial charge in [-0.2, -0.15) is 0 Å². The number of hydrogen-bond acceptors (Lipinski definition) is 3. The number of hydrogen-bond donors (Lipinski definition) is 2. The Morgan fingerprint density at radius 2 is 2.00 bits per heavy atom. The lowest BCUT2D eigenvalue weighted by Crippen LogP contribution is -2.51. The van der Waals surface area contributed by atoms with Gasteiger partial charge in [-0.15, -0.1) is 24.0 Å². The molecular formula is C21H30IN5. The fourth-order valence-electron chi connectivity index (χ4n) is 3.34. The van der Waals surface area contributed by atoms with Crippen LogP contribution in [0.3, 0.4) is 0 Å². The van der Waals surface area contributed by atoms with Crippen molar-refractivity contribution in [2.45, 2.75) is 39.3 Å². The number of piperidine rings is 1. The average molecular weight is 479 g/mol. The van der Waals surface area contributed by atoms with Gasteiger partial charge < -0.3 is 15.5 Å². The zero-order valence-electron chi connectivity index (χ0n) is 16.4. The number of pyridine rings is 1. The molecule has 6 heteroatoms. The van der Waals surface area contributed by atoms with Gasteiger partial charge in [-0.25, -0.2) is 0 Å². The number of rotatable bonds is 4. The van der Waals surface area contributed by atoms with Crippen molar-refractivity contribution in [1.29, 1.82) is 0 Å². The topological polar surface area (TPSA) is 52.6 Å². The fourth-order valence-corrected chi connectivity index (χ4v) is 3.34. The molecule has 1 atom stereocenters. The van der Waals surface area contributed by atoms with Crippen LogP contribution < -0.4 is 15.5 Å². The molecule has 2 heterocycles. The van der Waals surface area contributed by atoms with Crippen LogP contribution >= 0.6 is 24.0 Å². The van der Waals surface area contributed by atoms with E-state index in [1.807, 2.05) is 19.3 Å². The van der Waals surface area contributed by atoms with Gasteiger partial charge in [0.15, 0.2) is 5.96 Å². The smallest absolute Gasteiger partial charge is 0.191 e. The van der Waals surface area contributed by atoms with Gasteiger partial charge in [-0.1, -0.05) is 23.8 Å². The Bertz CT molecular complexity index is 744. The molecule has 1 unspecified atom stereocenters. The second-order valence-corrected chi connectivity index (χ2v) is 6.96. The van der Waals surface area contributed by atoms with E-state index in [-0.39, 0.29) is 24.0 Å². The molecule has 1 fully saturated rings. The van der Waals surface area contributed by atoms with Crippen LogP contribution in [0.15, 0.2) is 47.6 Å². The first-order chi connectivity index (χ1) is 12.7. The first-order valence-electron chi connectivity index (χ1n) is 9.35. The van der Waals surface area contributed by atoms with Crippen molar-refractivity contribution in [2.24, 2.45) is 4.99 Å². The number of halogens is 1. The number of benzene rings is 1. The Balaban J connectivity index is 0.00000261. The van der Waals surface area contributed by atoms with E-state index < -0.39 is 0 Å². The number of anilines is 1. The third kappa shape index (κ3) is 6.09. The number of aryl methyl sites for hydroxylation is 2. The summed E-state index contributed by atoms with van der Waals surface area (Å²) in [5.41, 5.74) is 4.85. The van der Waals surface area contributed by atoms with E-state index in [2.05, 4.69) is 69.7 Å². The van der Waals surface area contributed by atoms with Crippen molar-refractivity contribution >= 4 is 35.6 Å². The molecule has 0 radical (unpaired) electrons. The maximum atomic E-state index is 4.44.